The fraction of sp³-hybridized carbons (Fsp3) is 0.700. The van der Waals surface area contributed by atoms with E-state index in [1.807, 2.05) is 24.3 Å². The first-order valence-electron chi connectivity index (χ1n) is 9.62. The zero-order valence-electron chi connectivity index (χ0n) is 15.4. The summed E-state index contributed by atoms with van der Waals surface area (Å²) in [6.07, 6.45) is 3.29. The molecular weight excluding hydrogens is 316 g/mol. The van der Waals surface area contributed by atoms with Crippen molar-refractivity contribution in [2.75, 3.05) is 52.5 Å². The number of hydrogen-bond acceptors (Lipinski definition) is 5. The summed E-state index contributed by atoms with van der Waals surface area (Å²) in [5.41, 5.74) is 1.21. The van der Waals surface area contributed by atoms with Crippen LogP contribution in [0.25, 0.3) is 0 Å². The van der Waals surface area contributed by atoms with Crippen LogP contribution in [-0.2, 0) is 4.74 Å². The maximum absolute atomic E-state index is 10.4. The van der Waals surface area contributed by atoms with E-state index in [0.29, 0.717) is 19.2 Å². The number of morpholine rings is 1. The Bertz CT molecular complexity index is 502. The molecule has 140 valence electrons. The van der Waals surface area contributed by atoms with Crippen LogP contribution in [0.5, 0.6) is 5.75 Å². The van der Waals surface area contributed by atoms with Gasteiger partial charge in [0.05, 0.1) is 13.2 Å². The topological polar surface area (TPSA) is 45.2 Å². The van der Waals surface area contributed by atoms with Crippen LogP contribution in [0.15, 0.2) is 24.3 Å². The molecule has 0 bridgehead atoms. The van der Waals surface area contributed by atoms with E-state index in [1.54, 1.807) is 0 Å². The summed E-state index contributed by atoms with van der Waals surface area (Å²) in [4.78, 5) is 4.96. The molecule has 1 N–H and O–H groups in total. The fourth-order valence-corrected chi connectivity index (χ4v) is 3.74. The normalized spacial score (nSPS) is 24.2. The molecule has 5 nitrogen and oxygen atoms in total. The van der Waals surface area contributed by atoms with Gasteiger partial charge in [-0.15, -0.1) is 0 Å². The molecule has 5 heteroatoms. The molecule has 3 rings (SSSR count). The van der Waals surface area contributed by atoms with Gasteiger partial charge in [0.25, 0.3) is 0 Å². The van der Waals surface area contributed by atoms with Gasteiger partial charge in [0, 0.05) is 32.2 Å². The number of aliphatic hydroxyl groups excluding tert-OH is 1. The molecule has 2 unspecified atom stereocenters. The molecule has 0 amide bonds. The Balaban J connectivity index is 1.45. The van der Waals surface area contributed by atoms with Crippen molar-refractivity contribution in [3.8, 4) is 5.75 Å². The second-order valence-corrected chi connectivity index (χ2v) is 7.34. The number of β-amino-alcohol motifs (C(OH)–C–C–N with tert-alkyl or cyclic N) is 1. The Morgan fingerprint density at radius 3 is 2.68 bits per heavy atom. The van der Waals surface area contributed by atoms with Crippen LogP contribution in [0.1, 0.15) is 24.8 Å². The van der Waals surface area contributed by atoms with E-state index >= 15 is 0 Å². The van der Waals surface area contributed by atoms with Crippen LogP contribution in [0.3, 0.4) is 0 Å². The summed E-state index contributed by atoms with van der Waals surface area (Å²) in [7, 11) is 0. The summed E-state index contributed by atoms with van der Waals surface area (Å²) < 4.78 is 11.2. The average molecular weight is 348 g/mol. The molecule has 25 heavy (non-hydrogen) atoms. The van der Waals surface area contributed by atoms with Crippen molar-refractivity contribution in [2.45, 2.75) is 38.3 Å². The van der Waals surface area contributed by atoms with Crippen molar-refractivity contribution in [3.63, 3.8) is 0 Å². The zero-order chi connectivity index (χ0) is 17.5. The van der Waals surface area contributed by atoms with Crippen molar-refractivity contribution < 1.29 is 14.6 Å². The van der Waals surface area contributed by atoms with Gasteiger partial charge in [-0.1, -0.05) is 24.1 Å². The smallest absolute Gasteiger partial charge is 0.119 e. The number of hydrogen-bond donors (Lipinski definition) is 1. The van der Waals surface area contributed by atoms with Gasteiger partial charge in [0.2, 0.25) is 0 Å². The van der Waals surface area contributed by atoms with Crippen molar-refractivity contribution in [1.29, 1.82) is 0 Å². The van der Waals surface area contributed by atoms with E-state index in [1.165, 1.54) is 24.8 Å². The molecule has 2 aliphatic rings. The molecule has 2 atom stereocenters. The fourth-order valence-electron chi connectivity index (χ4n) is 3.74. The van der Waals surface area contributed by atoms with Gasteiger partial charge in [0.1, 0.15) is 18.5 Å². The molecule has 0 saturated carbocycles. The largest absolute Gasteiger partial charge is 0.491 e. The Morgan fingerprint density at radius 2 is 1.92 bits per heavy atom. The standard InChI is InChI=1S/C20H32N2O3/c1-17-5-7-20(8-6-17)25-16-19(23)15-22-9-3-2-4-18(22)14-21-10-12-24-13-11-21/h5-8,18-19,23H,2-4,9-16H2,1H3. The van der Waals surface area contributed by atoms with Gasteiger partial charge in [-0.05, 0) is 38.4 Å². The number of aryl methyl sites for hydroxylation is 1. The summed E-state index contributed by atoms with van der Waals surface area (Å²) >= 11 is 0. The second-order valence-electron chi connectivity index (χ2n) is 7.34. The van der Waals surface area contributed by atoms with Gasteiger partial charge in [0.15, 0.2) is 0 Å². The molecule has 0 aliphatic carbocycles. The van der Waals surface area contributed by atoms with Crippen molar-refractivity contribution in [3.05, 3.63) is 29.8 Å². The number of nitrogens with zero attached hydrogens (tertiary/aromatic N) is 2. The van der Waals surface area contributed by atoms with E-state index in [9.17, 15) is 5.11 Å². The Kier molecular flexibility index (Phi) is 7.11. The first-order valence-corrected chi connectivity index (χ1v) is 9.62. The maximum atomic E-state index is 10.4. The third-order valence-corrected chi connectivity index (χ3v) is 5.23. The van der Waals surface area contributed by atoms with Gasteiger partial charge < -0.3 is 14.6 Å². The molecule has 2 fully saturated rings. The lowest BCUT2D eigenvalue weighted by Crippen LogP contribution is -2.51. The van der Waals surface area contributed by atoms with Crippen LogP contribution in [-0.4, -0.2) is 79.6 Å². The van der Waals surface area contributed by atoms with E-state index < -0.39 is 6.10 Å². The van der Waals surface area contributed by atoms with Crippen LogP contribution < -0.4 is 4.74 Å². The Labute approximate surface area is 151 Å². The predicted molar refractivity (Wildman–Crippen MR) is 99.2 cm³/mol. The van der Waals surface area contributed by atoms with Gasteiger partial charge >= 0.3 is 0 Å². The summed E-state index contributed by atoms with van der Waals surface area (Å²) in [6.45, 7) is 9.03. The monoisotopic (exact) mass is 348 g/mol. The molecule has 2 saturated heterocycles. The first kappa shape index (κ1) is 18.6. The number of benzene rings is 1. The lowest BCUT2D eigenvalue weighted by atomic mass is 10.0. The van der Waals surface area contributed by atoms with Crippen LogP contribution in [0.2, 0.25) is 0 Å². The summed E-state index contributed by atoms with van der Waals surface area (Å²) in [6, 6.07) is 8.53. The maximum Gasteiger partial charge on any atom is 0.119 e. The van der Waals surface area contributed by atoms with Crippen molar-refractivity contribution in [1.82, 2.24) is 9.80 Å². The molecule has 1 aromatic rings. The summed E-state index contributed by atoms with van der Waals surface area (Å²) in [5.74, 6) is 0.827. The van der Waals surface area contributed by atoms with Crippen LogP contribution in [0.4, 0.5) is 0 Å². The van der Waals surface area contributed by atoms with E-state index in [-0.39, 0.29) is 0 Å². The number of ether oxygens (including phenoxy) is 2. The van der Waals surface area contributed by atoms with Gasteiger partial charge in [-0.3, -0.25) is 9.80 Å². The van der Waals surface area contributed by atoms with Crippen LogP contribution >= 0.6 is 0 Å². The molecular formula is C20H32N2O3. The minimum absolute atomic E-state index is 0.351. The summed E-state index contributed by atoms with van der Waals surface area (Å²) in [5, 5.41) is 10.4. The minimum atomic E-state index is -0.452. The predicted octanol–water partition coefficient (Wildman–Crippen LogP) is 1.92. The van der Waals surface area contributed by atoms with Crippen molar-refractivity contribution >= 4 is 0 Å². The van der Waals surface area contributed by atoms with E-state index in [2.05, 4.69) is 16.7 Å². The number of aliphatic hydroxyl groups is 1. The zero-order valence-corrected chi connectivity index (χ0v) is 15.4. The lowest BCUT2D eigenvalue weighted by Gasteiger charge is -2.40. The molecule has 2 aliphatic heterocycles. The van der Waals surface area contributed by atoms with Gasteiger partial charge in [-0.2, -0.15) is 0 Å². The van der Waals surface area contributed by atoms with Crippen molar-refractivity contribution in [2.24, 2.45) is 0 Å². The molecule has 0 spiro atoms. The molecule has 1 aromatic carbocycles. The lowest BCUT2D eigenvalue weighted by molar-refractivity contribution is 0.00109. The quantitative estimate of drug-likeness (QED) is 0.816. The molecule has 2 heterocycles. The Morgan fingerprint density at radius 1 is 1.16 bits per heavy atom. The average Bonchev–Trinajstić information content (AvgIpc) is 2.64. The highest BCUT2D eigenvalue weighted by Crippen LogP contribution is 2.19. The van der Waals surface area contributed by atoms with Gasteiger partial charge in [-0.25, -0.2) is 0 Å². The molecule has 0 radical (unpaired) electrons. The highest BCUT2D eigenvalue weighted by Gasteiger charge is 2.26. The molecule has 0 aromatic heterocycles. The number of likely N-dealkylation sites (tertiary alicyclic amines) is 1. The van der Waals surface area contributed by atoms with Crippen LogP contribution in [0, 0.1) is 6.92 Å². The third-order valence-electron chi connectivity index (χ3n) is 5.23. The minimum Gasteiger partial charge on any atom is -0.491 e. The Hall–Kier alpha value is -1.14. The van der Waals surface area contributed by atoms with E-state index in [4.69, 9.17) is 9.47 Å². The van der Waals surface area contributed by atoms with E-state index in [0.717, 1.165) is 45.1 Å². The SMILES string of the molecule is Cc1ccc(OCC(O)CN2CCCCC2CN2CCOCC2)cc1. The first-order chi connectivity index (χ1) is 12.2. The second kappa shape index (κ2) is 9.53. The highest BCUT2D eigenvalue weighted by molar-refractivity contribution is 5.26. The number of rotatable bonds is 7. The number of piperidine rings is 1. The third kappa shape index (κ3) is 5.96. The highest BCUT2D eigenvalue weighted by atomic mass is 16.5.